The van der Waals surface area contributed by atoms with E-state index in [4.69, 9.17) is 15.9 Å². The number of benzene rings is 1. The van der Waals surface area contributed by atoms with Gasteiger partial charge in [0.05, 0.1) is 5.56 Å². The summed E-state index contributed by atoms with van der Waals surface area (Å²) in [6, 6.07) is 0.891. The van der Waals surface area contributed by atoms with Crippen molar-refractivity contribution in [3.8, 4) is 11.5 Å². The van der Waals surface area contributed by atoms with Gasteiger partial charge < -0.3 is 15.9 Å². The van der Waals surface area contributed by atoms with Gasteiger partial charge in [-0.1, -0.05) is 6.07 Å². The van der Waals surface area contributed by atoms with Crippen LogP contribution < -0.4 is 5.73 Å². The van der Waals surface area contributed by atoms with Gasteiger partial charge in [0.25, 0.3) is 0 Å². The van der Waals surface area contributed by atoms with E-state index in [9.17, 15) is 13.2 Å². The molecule has 0 radical (unpaired) electrons. The summed E-state index contributed by atoms with van der Waals surface area (Å²) in [5, 5.41) is 18.2. The number of rotatable bonds is 1. The maximum atomic E-state index is 12.1. The van der Waals surface area contributed by atoms with Gasteiger partial charge >= 0.3 is 6.18 Å². The van der Waals surface area contributed by atoms with Gasteiger partial charge in [-0.3, -0.25) is 0 Å². The summed E-state index contributed by atoms with van der Waals surface area (Å²) in [7, 11) is 0. The van der Waals surface area contributed by atoms with E-state index in [1.165, 1.54) is 6.07 Å². The first-order chi connectivity index (χ1) is 6.34. The Bertz CT molecular complexity index is 318. The Morgan fingerprint density at radius 2 is 1.57 bits per heavy atom. The molecule has 78 valence electrons. The van der Waals surface area contributed by atoms with Crippen LogP contribution in [0.4, 0.5) is 13.2 Å². The Morgan fingerprint density at radius 1 is 1.14 bits per heavy atom. The van der Waals surface area contributed by atoms with E-state index in [-0.39, 0.29) is 0 Å². The van der Waals surface area contributed by atoms with E-state index < -0.39 is 29.3 Å². The van der Waals surface area contributed by atoms with E-state index in [1.807, 2.05) is 0 Å². The third-order valence-corrected chi connectivity index (χ3v) is 1.72. The summed E-state index contributed by atoms with van der Waals surface area (Å²) in [6.07, 6.45) is -4.70. The van der Waals surface area contributed by atoms with E-state index in [0.29, 0.717) is 0 Å². The zero-order valence-electron chi connectivity index (χ0n) is 6.92. The lowest BCUT2D eigenvalue weighted by Gasteiger charge is -2.17. The average Bonchev–Trinajstić information content (AvgIpc) is 2.01. The summed E-state index contributed by atoms with van der Waals surface area (Å²) >= 11 is 0. The van der Waals surface area contributed by atoms with Gasteiger partial charge in [-0.25, -0.2) is 0 Å². The molecule has 14 heavy (non-hydrogen) atoms. The number of nitrogens with two attached hydrogens (primary N) is 1. The number of phenolic OH excluding ortho intramolecular Hbond substituents is 2. The Balaban J connectivity index is 3.19. The lowest BCUT2D eigenvalue weighted by atomic mass is 10.1. The van der Waals surface area contributed by atoms with Crippen LogP contribution in [0.1, 0.15) is 11.6 Å². The fourth-order valence-electron chi connectivity index (χ4n) is 1.02. The Hall–Kier alpha value is -1.43. The minimum absolute atomic E-state index is 0.671. The molecule has 0 unspecified atom stereocenters. The van der Waals surface area contributed by atoms with Crippen molar-refractivity contribution >= 4 is 0 Å². The van der Waals surface area contributed by atoms with Crippen LogP contribution in [0.25, 0.3) is 0 Å². The molecule has 1 atom stereocenters. The fourth-order valence-corrected chi connectivity index (χ4v) is 1.02. The van der Waals surface area contributed by atoms with Crippen LogP contribution in [-0.4, -0.2) is 16.4 Å². The van der Waals surface area contributed by atoms with Crippen molar-refractivity contribution in [3.63, 3.8) is 0 Å². The first-order valence-corrected chi connectivity index (χ1v) is 3.67. The molecule has 0 fully saturated rings. The summed E-state index contributed by atoms with van der Waals surface area (Å²) in [5.41, 5.74) is 4.12. The minimum atomic E-state index is -4.70. The zero-order chi connectivity index (χ0) is 10.9. The second-order valence-corrected chi connectivity index (χ2v) is 2.73. The van der Waals surface area contributed by atoms with Crippen LogP contribution in [0.3, 0.4) is 0 Å². The van der Waals surface area contributed by atoms with Crippen LogP contribution in [0.2, 0.25) is 0 Å². The van der Waals surface area contributed by atoms with Crippen LogP contribution in [0.15, 0.2) is 18.2 Å². The molecular formula is C8H8F3NO2. The molecule has 0 heterocycles. The second kappa shape index (κ2) is 3.38. The van der Waals surface area contributed by atoms with Gasteiger partial charge in [0.1, 0.15) is 17.5 Å². The molecule has 1 aromatic rings. The molecule has 3 nitrogen and oxygen atoms in total. The lowest BCUT2D eigenvalue weighted by molar-refractivity contribution is -0.149. The first-order valence-electron chi connectivity index (χ1n) is 3.67. The molecule has 0 amide bonds. The predicted molar refractivity (Wildman–Crippen MR) is 42.8 cm³/mol. The topological polar surface area (TPSA) is 66.5 Å². The molecule has 4 N–H and O–H groups in total. The fraction of sp³-hybridized carbons (Fsp3) is 0.250. The monoisotopic (exact) mass is 207 g/mol. The number of alkyl halides is 3. The van der Waals surface area contributed by atoms with E-state index in [1.54, 1.807) is 0 Å². The van der Waals surface area contributed by atoms with Gasteiger partial charge in [0, 0.05) is 0 Å². The van der Waals surface area contributed by atoms with Gasteiger partial charge in [-0.05, 0) is 12.1 Å². The Morgan fingerprint density at radius 3 is 1.93 bits per heavy atom. The van der Waals surface area contributed by atoms with Gasteiger partial charge in [-0.2, -0.15) is 13.2 Å². The highest BCUT2D eigenvalue weighted by atomic mass is 19.4. The smallest absolute Gasteiger partial charge is 0.407 e. The van der Waals surface area contributed by atoms with Crippen molar-refractivity contribution in [1.29, 1.82) is 0 Å². The van der Waals surface area contributed by atoms with Gasteiger partial charge in [-0.15, -0.1) is 0 Å². The molecule has 0 aliphatic rings. The average molecular weight is 207 g/mol. The molecule has 1 rings (SSSR count). The lowest BCUT2D eigenvalue weighted by Crippen LogP contribution is -2.28. The molecule has 0 aliphatic heterocycles. The number of phenols is 2. The zero-order valence-corrected chi connectivity index (χ0v) is 6.92. The van der Waals surface area contributed by atoms with E-state index in [2.05, 4.69) is 0 Å². The molecule has 0 spiro atoms. The van der Waals surface area contributed by atoms with Crippen molar-refractivity contribution in [3.05, 3.63) is 23.8 Å². The predicted octanol–water partition coefficient (Wildman–Crippen LogP) is 1.66. The van der Waals surface area contributed by atoms with Crippen molar-refractivity contribution in [2.75, 3.05) is 0 Å². The number of aromatic hydroxyl groups is 2. The maximum Gasteiger partial charge on any atom is 0.407 e. The number of halogens is 3. The van der Waals surface area contributed by atoms with Crippen LogP contribution in [0.5, 0.6) is 11.5 Å². The van der Waals surface area contributed by atoms with E-state index >= 15 is 0 Å². The molecule has 1 aromatic carbocycles. The van der Waals surface area contributed by atoms with Crippen molar-refractivity contribution in [1.82, 2.24) is 0 Å². The van der Waals surface area contributed by atoms with Gasteiger partial charge in [0.2, 0.25) is 0 Å². The highest BCUT2D eigenvalue weighted by molar-refractivity contribution is 5.45. The summed E-state index contributed by atoms with van der Waals surface area (Å²) < 4.78 is 36.4. The van der Waals surface area contributed by atoms with E-state index in [0.717, 1.165) is 12.1 Å². The first kappa shape index (κ1) is 10.6. The van der Waals surface area contributed by atoms with Crippen molar-refractivity contribution < 1.29 is 23.4 Å². The van der Waals surface area contributed by atoms with Crippen molar-refractivity contribution in [2.24, 2.45) is 5.73 Å². The molecular weight excluding hydrogens is 199 g/mol. The quantitative estimate of drug-likeness (QED) is 0.656. The third kappa shape index (κ3) is 1.90. The van der Waals surface area contributed by atoms with Crippen LogP contribution in [0, 0.1) is 0 Å². The third-order valence-electron chi connectivity index (χ3n) is 1.72. The van der Waals surface area contributed by atoms with Crippen molar-refractivity contribution in [2.45, 2.75) is 12.2 Å². The summed E-state index contributed by atoms with van der Waals surface area (Å²) in [6.45, 7) is 0. The molecule has 6 heteroatoms. The summed E-state index contributed by atoms with van der Waals surface area (Å²) in [5.74, 6) is -1.34. The SMILES string of the molecule is N[C@H](c1c(O)cccc1O)C(F)(F)F. The molecule has 0 aromatic heterocycles. The normalized spacial score (nSPS) is 14.0. The number of hydrogen-bond acceptors (Lipinski definition) is 3. The standard InChI is InChI=1S/C8H8F3NO2/c9-8(10,11)7(12)6-4(13)2-1-3-5(6)14/h1-3,7,13-14H,12H2/t7-/m1/s1. The highest BCUT2D eigenvalue weighted by Crippen LogP contribution is 2.39. The van der Waals surface area contributed by atoms with Crippen LogP contribution >= 0.6 is 0 Å². The number of hydrogen-bond donors (Lipinski definition) is 3. The Labute approximate surface area is 77.6 Å². The minimum Gasteiger partial charge on any atom is -0.507 e. The van der Waals surface area contributed by atoms with Gasteiger partial charge in [0.15, 0.2) is 0 Å². The largest absolute Gasteiger partial charge is 0.507 e. The molecule has 0 aliphatic carbocycles. The highest BCUT2D eigenvalue weighted by Gasteiger charge is 2.40. The molecule has 0 saturated carbocycles. The molecule has 0 bridgehead atoms. The second-order valence-electron chi connectivity index (χ2n) is 2.73. The Kier molecular flexibility index (Phi) is 2.57. The maximum absolute atomic E-state index is 12.1. The van der Waals surface area contributed by atoms with Crippen LogP contribution in [-0.2, 0) is 0 Å². The molecule has 0 saturated heterocycles. The summed E-state index contributed by atoms with van der Waals surface area (Å²) in [4.78, 5) is 0.